The van der Waals surface area contributed by atoms with E-state index in [4.69, 9.17) is 0 Å². The van der Waals surface area contributed by atoms with Crippen LogP contribution in [-0.2, 0) is 11.2 Å². The Morgan fingerprint density at radius 2 is 2.04 bits per heavy atom. The molecule has 0 spiro atoms. The standard InChI is InChI=1S/C22H29FN4O/c1-27(22(28)12-15-10-18-7-8-19(11-15)24-18)9-3-6-20-14-21(26-25-20)16-4-2-5-17(23)13-16/h2,4-5,13-15,18-19,24H,3,6-12H2,1H3,(H,25,26). The van der Waals surface area contributed by atoms with E-state index in [0.717, 1.165) is 49.2 Å². The minimum absolute atomic E-state index is 0.260. The first kappa shape index (κ1) is 19.1. The molecule has 2 N–H and O–H groups in total. The molecule has 2 unspecified atom stereocenters. The SMILES string of the molecule is CN(CCCc1cc(-c2cccc(F)c2)n[nH]1)C(=O)CC1CC2CCC(C1)N2. The van der Waals surface area contributed by atoms with E-state index in [0.29, 0.717) is 24.4 Å². The molecular formula is C22H29FN4O. The molecule has 0 radical (unpaired) electrons. The van der Waals surface area contributed by atoms with Gasteiger partial charge in [0.1, 0.15) is 5.82 Å². The van der Waals surface area contributed by atoms with Gasteiger partial charge in [-0.1, -0.05) is 12.1 Å². The number of nitrogens with one attached hydrogen (secondary N) is 2. The van der Waals surface area contributed by atoms with E-state index in [2.05, 4.69) is 15.5 Å². The lowest BCUT2D eigenvalue weighted by atomic mass is 9.89. The van der Waals surface area contributed by atoms with Crippen LogP contribution in [0.3, 0.4) is 0 Å². The van der Waals surface area contributed by atoms with Gasteiger partial charge in [0, 0.05) is 43.4 Å². The topological polar surface area (TPSA) is 61.0 Å². The summed E-state index contributed by atoms with van der Waals surface area (Å²) in [5.41, 5.74) is 2.53. The first-order chi connectivity index (χ1) is 13.6. The van der Waals surface area contributed by atoms with Gasteiger partial charge in [0.15, 0.2) is 0 Å². The third-order valence-corrected chi connectivity index (χ3v) is 6.15. The Balaban J connectivity index is 1.22. The molecule has 28 heavy (non-hydrogen) atoms. The quantitative estimate of drug-likeness (QED) is 0.768. The maximum atomic E-state index is 13.4. The maximum absolute atomic E-state index is 13.4. The fraction of sp³-hybridized carbons (Fsp3) is 0.545. The van der Waals surface area contributed by atoms with Gasteiger partial charge in [-0.15, -0.1) is 0 Å². The summed E-state index contributed by atoms with van der Waals surface area (Å²) in [6, 6.07) is 9.68. The second-order valence-corrected chi connectivity index (χ2v) is 8.39. The van der Waals surface area contributed by atoms with Gasteiger partial charge >= 0.3 is 0 Å². The van der Waals surface area contributed by atoms with E-state index in [1.54, 1.807) is 6.07 Å². The van der Waals surface area contributed by atoms with Crippen molar-refractivity contribution < 1.29 is 9.18 Å². The number of amides is 1. The zero-order chi connectivity index (χ0) is 19.5. The van der Waals surface area contributed by atoms with E-state index < -0.39 is 0 Å². The lowest BCUT2D eigenvalue weighted by Gasteiger charge is -2.30. The molecule has 1 aromatic heterocycles. The number of piperidine rings is 1. The number of rotatable bonds is 7. The van der Waals surface area contributed by atoms with Crippen molar-refractivity contribution in [3.63, 3.8) is 0 Å². The molecule has 3 heterocycles. The predicted molar refractivity (Wildman–Crippen MR) is 107 cm³/mol. The number of hydrogen-bond acceptors (Lipinski definition) is 3. The van der Waals surface area contributed by atoms with Crippen LogP contribution in [0.25, 0.3) is 11.3 Å². The average molecular weight is 384 g/mol. The highest BCUT2D eigenvalue weighted by atomic mass is 19.1. The zero-order valence-electron chi connectivity index (χ0n) is 16.5. The molecule has 150 valence electrons. The van der Waals surface area contributed by atoms with Crippen molar-refractivity contribution in [3.8, 4) is 11.3 Å². The molecular weight excluding hydrogens is 355 g/mol. The minimum Gasteiger partial charge on any atom is -0.346 e. The summed E-state index contributed by atoms with van der Waals surface area (Å²) < 4.78 is 13.4. The van der Waals surface area contributed by atoms with Crippen molar-refractivity contribution in [2.75, 3.05) is 13.6 Å². The van der Waals surface area contributed by atoms with Gasteiger partial charge in [-0.25, -0.2) is 4.39 Å². The summed E-state index contributed by atoms with van der Waals surface area (Å²) >= 11 is 0. The number of H-pyrrole nitrogens is 1. The van der Waals surface area contributed by atoms with Gasteiger partial charge < -0.3 is 10.2 Å². The summed E-state index contributed by atoms with van der Waals surface area (Å²) in [5.74, 6) is 0.537. The molecule has 5 nitrogen and oxygen atoms in total. The fourth-order valence-corrected chi connectivity index (χ4v) is 4.66. The molecule has 2 bridgehead atoms. The molecule has 0 aliphatic carbocycles. The average Bonchev–Trinajstić information content (AvgIpc) is 3.28. The van der Waals surface area contributed by atoms with Gasteiger partial charge in [0.25, 0.3) is 0 Å². The maximum Gasteiger partial charge on any atom is 0.222 e. The number of fused-ring (bicyclic) bond motifs is 2. The molecule has 1 amide bonds. The zero-order valence-corrected chi connectivity index (χ0v) is 16.5. The number of hydrogen-bond donors (Lipinski definition) is 2. The third-order valence-electron chi connectivity index (χ3n) is 6.15. The van der Waals surface area contributed by atoms with E-state index in [-0.39, 0.29) is 11.7 Å². The number of aromatic amines is 1. The van der Waals surface area contributed by atoms with Crippen LogP contribution in [-0.4, -0.2) is 46.7 Å². The largest absolute Gasteiger partial charge is 0.346 e. The van der Waals surface area contributed by atoms with Gasteiger partial charge in [0.05, 0.1) is 5.69 Å². The fourth-order valence-electron chi connectivity index (χ4n) is 4.66. The summed E-state index contributed by atoms with van der Waals surface area (Å²) in [6.45, 7) is 0.741. The highest BCUT2D eigenvalue weighted by Crippen LogP contribution is 2.32. The first-order valence-electron chi connectivity index (χ1n) is 10.4. The Hall–Kier alpha value is -2.21. The van der Waals surface area contributed by atoms with Gasteiger partial charge in [-0.05, 0) is 62.6 Å². The van der Waals surface area contributed by atoms with Gasteiger partial charge in [0.2, 0.25) is 5.91 Å². The lowest BCUT2D eigenvalue weighted by molar-refractivity contribution is -0.131. The van der Waals surface area contributed by atoms with Crippen molar-refractivity contribution in [1.29, 1.82) is 0 Å². The Bertz CT molecular complexity index is 808. The minimum atomic E-state index is -0.260. The summed E-state index contributed by atoms with van der Waals surface area (Å²) in [4.78, 5) is 14.4. The molecule has 2 aliphatic heterocycles. The highest BCUT2D eigenvalue weighted by molar-refractivity contribution is 5.76. The monoisotopic (exact) mass is 384 g/mol. The number of nitrogens with zero attached hydrogens (tertiary/aromatic N) is 2. The third kappa shape index (κ3) is 4.61. The Morgan fingerprint density at radius 1 is 1.25 bits per heavy atom. The summed E-state index contributed by atoms with van der Waals surface area (Å²) in [5, 5.41) is 10.9. The van der Waals surface area contributed by atoms with Crippen molar-refractivity contribution in [1.82, 2.24) is 20.4 Å². The van der Waals surface area contributed by atoms with Crippen molar-refractivity contribution in [2.45, 2.75) is 57.0 Å². The van der Waals surface area contributed by atoms with Gasteiger partial charge in [-0.2, -0.15) is 5.10 Å². The highest BCUT2D eigenvalue weighted by Gasteiger charge is 2.34. The van der Waals surface area contributed by atoms with E-state index in [9.17, 15) is 9.18 Å². The van der Waals surface area contributed by atoms with Crippen molar-refractivity contribution in [2.24, 2.45) is 5.92 Å². The van der Waals surface area contributed by atoms with Crippen LogP contribution < -0.4 is 5.32 Å². The molecule has 6 heteroatoms. The second-order valence-electron chi connectivity index (χ2n) is 8.39. The Kier molecular flexibility index (Phi) is 5.76. The molecule has 1 aromatic carbocycles. The first-order valence-corrected chi connectivity index (χ1v) is 10.4. The van der Waals surface area contributed by atoms with Crippen LogP contribution >= 0.6 is 0 Å². The van der Waals surface area contributed by atoms with Crippen molar-refractivity contribution in [3.05, 3.63) is 41.8 Å². The van der Waals surface area contributed by atoms with Crippen LogP contribution in [0.2, 0.25) is 0 Å². The number of benzene rings is 1. The summed E-state index contributed by atoms with van der Waals surface area (Å²) in [7, 11) is 1.91. The normalized spacial score (nSPS) is 23.7. The molecule has 2 aliphatic rings. The summed E-state index contributed by atoms with van der Waals surface area (Å²) in [6.07, 6.45) is 7.21. The van der Waals surface area contributed by atoms with E-state index in [1.807, 2.05) is 24.1 Å². The molecule has 2 atom stereocenters. The molecule has 0 saturated carbocycles. The lowest BCUT2D eigenvalue weighted by Crippen LogP contribution is -2.40. The number of carbonyl (C=O) groups is 1. The van der Waals surface area contributed by atoms with E-state index in [1.165, 1.54) is 25.0 Å². The van der Waals surface area contributed by atoms with E-state index >= 15 is 0 Å². The van der Waals surface area contributed by atoms with Crippen LogP contribution in [0.4, 0.5) is 4.39 Å². The second kappa shape index (κ2) is 8.43. The van der Waals surface area contributed by atoms with Crippen LogP contribution in [0.1, 0.15) is 44.2 Å². The van der Waals surface area contributed by atoms with Crippen LogP contribution in [0.5, 0.6) is 0 Å². The molecule has 4 rings (SSSR count). The number of carbonyl (C=O) groups excluding carboxylic acids is 1. The Morgan fingerprint density at radius 3 is 2.79 bits per heavy atom. The van der Waals surface area contributed by atoms with Crippen molar-refractivity contribution >= 4 is 5.91 Å². The number of aryl methyl sites for hydroxylation is 1. The predicted octanol–water partition coefficient (Wildman–Crippen LogP) is 3.53. The van der Waals surface area contributed by atoms with Gasteiger partial charge in [-0.3, -0.25) is 9.89 Å². The molecule has 2 fully saturated rings. The number of halogens is 1. The molecule has 2 aromatic rings. The molecule has 2 saturated heterocycles. The Labute approximate surface area is 165 Å². The number of aromatic nitrogens is 2. The van der Waals surface area contributed by atoms with Crippen LogP contribution in [0, 0.1) is 11.7 Å². The van der Waals surface area contributed by atoms with Crippen LogP contribution in [0.15, 0.2) is 30.3 Å². The smallest absolute Gasteiger partial charge is 0.222 e.